The SMILES string of the molecule is Cc1cc(C)cc(-c2cccc3c2[nH]c2ccccc2[nH]c2cccc(c2)oc2ccc4c5ccccc5n(c5cc(C(C)(C)C)cc(n5)c5ccccc53)c4c2)c1. The average Bonchev–Trinajstić information content (AvgIpc) is 3.54. The second kappa shape index (κ2) is 13.8. The summed E-state index contributed by atoms with van der Waals surface area (Å²) in [5.41, 5.74) is 15.0. The minimum absolute atomic E-state index is 0.152. The third-order valence-corrected chi connectivity index (χ3v) is 11.2. The number of pyridine rings is 1. The number of aromatic amines is 2. The minimum Gasteiger partial charge on any atom is -0.457 e. The van der Waals surface area contributed by atoms with Crippen molar-refractivity contribution in [2.45, 2.75) is 40.0 Å². The van der Waals surface area contributed by atoms with Gasteiger partial charge in [-0.05, 0) is 90.4 Å². The Morgan fingerprint density at radius 3 is 1.97 bits per heavy atom. The molecule has 0 saturated carbocycles. The highest BCUT2D eigenvalue weighted by Crippen LogP contribution is 2.35. The minimum atomic E-state index is -0.152. The van der Waals surface area contributed by atoms with Crippen molar-refractivity contribution in [3.63, 3.8) is 0 Å². The molecule has 3 heterocycles. The van der Waals surface area contributed by atoms with Crippen molar-refractivity contribution in [3.05, 3.63) is 180 Å². The molecule has 6 bridgehead atoms. The topological polar surface area (TPSA) is 62.0 Å². The monoisotopic (exact) mass is 752 g/mol. The summed E-state index contributed by atoms with van der Waals surface area (Å²) >= 11 is 0. The first-order valence-corrected chi connectivity index (χ1v) is 19.9. The maximum Gasteiger partial charge on any atom is 0.138 e. The van der Waals surface area contributed by atoms with Gasteiger partial charge in [0, 0.05) is 44.8 Å². The molecule has 0 aliphatic rings. The van der Waals surface area contributed by atoms with E-state index in [1.165, 1.54) is 22.1 Å². The Hall–Kier alpha value is -7.11. The van der Waals surface area contributed by atoms with E-state index in [1.807, 2.05) is 12.1 Å². The predicted octanol–water partition coefficient (Wildman–Crippen LogP) is 14.6. The number of fused-ring (bicyclic) bond motifs is 14. The summed E-state index contributed by atoms with van der Waals surface area (Å²) in [7, 11) is 0. The fourth-order valence-corrected chi connectivity index (χ4v) is 8.45. The van der Waals surface area contributed by atoms with E-state index in [4.69, 9.17) is 9.40 Å². The van der Waals surface area contributed by atoms with Crippen molar-refractivity contribution in [1.82, 2.24) is 19.4 Å². The molecule has 2 N–H and O–H groups in total. The van der Waals surface area contributed by atoms with E-state index < -0.39 is 0 Å². The Bertz CT molecular complexity index is 3460. The zero-order valence-corrected chi connectivity index (χ0v) is 33.4. The smallest absolute Gasteiger partial charge is 0.138 e. The molecule has 0 atom stereocenters. The van der Waals surface area contributed by atoms with Crippen LogP contribution in [-0.2, 0) is 5.41 Å². The number of nitrogens with zero attached hydrogens (tertiary/aromatic N) is 2. The Morgan fingerprint density at radius 1 is 0.517 bits per heavy atom. The lowest BCUT2D eigenvalue weighted by Crippen LogP contribution is -2.11. The Balaban J connectivity index is 1.50. The van der Waals surface area contributed by atoms with E-state index in [2.05, 4.69) is 201 Å². The van der Waals surface area contributed by atoms with Crippen molar-refractivity contribution >= 4 is 82.4 Å². The number of benzene rings is 7. The molecule has 7 aromatic carbocycles. The Kier molecular flexibility index (Phi) is 8.41. The highest BCUT2D eigenvalue weighted by Gasteiger charge is 2.17. The Labute approximate surface area is 336 Å². The van der Waals surface area contributed by atoms with Gasteiger partial charge in [-0.15, -0.1) is 0 Å². The molecule has 0 radical (unpaired) electrons. The quantitative estimate of drug-likeness (QED) is 0.175. The molecular formula is C53H44N4O. The van der Waals surface area contributed by atoms with Gasteiger partial charge in [0.05, 0.1) is 33.1 Å². The molecule has 5 heteroatoms. The maximum atomic E-state index is 6.65. The molecule has 282 valence electrons. The summed E-state index contributed by atoms with van der Waals surface area (Å²) in [6.07, 6.45) is 0. The number of hydrogen-bond donors (Lipinski definition) is 2. The molecule has 0 aliphatic carbocycles. The average molecular weight is 753 g/mol. The molecule has 0 amide bonds. The second-order valence-corrected chi connectivity index (χ2v) is 16.5. The van der Waals surface area contributed by atoms with Crippen LogP contribution >= 0.6 is 0 Å². The van der Waals surface area contributed by atoms with E-state index in [-0.39, 0.29) is 5.41 Å². The van der Waals surface area contributed by atoms with Crippen LogP contribution in [0.15, 0.2) is 168 Å². The maximum absolute atomic E-state index is 6.65. The Morgan fingerprint density at radius 2 is 1.17 bits per heavy atom. The van der Waals surface area contributed by atoms with Crippen molar-refractivity contribution in [1.29, 1.82) is 0 Å². The lowest BCUT2D eigenvalue weighted by molar-refractivity contribution is 0.591. The highest BCUT2D eigenvalue weighted by atomic mass is 16.3. The van der Waals surface area contributed by atoms with Crippen molar-refractivity contribution < 1.29 is 4.42 Å². The van der Waals surface area contributed by atoms with Crippen LogP contribution in [0.3, 0.4) is 0 Å². The first-order valence-electron chi connectivity index (χ1n) is 19.9. The first-order chi connectivity index (χ1) is 28.2. The van der Waals surface area contributed by atoms with Crippen LogP contribution in [0.2, 0.25) is 0 Å². The van der Waals surface area contributed by atoms with Gasteiger partial charge in [0.1, 0.15) is 16.8 Å². The molecule has 0 spiro atoms. The summed E-state index contributed by atoms with van der Waals surface area (Å²) in [6, 6.07) is 58.2. The van der Waals surface area contributed by atoms with Crippen LogP contribution in [0, 0.1) is 13.8 Å². The molecule has 0 aliphatic heterocycles. The second-order valence-electron chi connectivity index (χ2n) is 16.5. The fourth-order valence-electron chi connectivity index (χ4n) is 8.45. The van der Waals surface area contributed by atoms with Gasteiger partial charge in [-0.2, -0.15) is 0 Å². The third kappa shape index (κ3) is 6.35. The molecule has 10 aromatic rings. The zero-order valence-electron chi connectivity index (χ0n) is 33.4. The molecule has 0 fully saturated rings. The number of aromatic nitrogens is 4. The normalized spacial score (nSPS) is 11.9. The van der Waals surface area contributed by atoms with Crippen molar-refractivity contribution in [3.8, 4) is 11.1 Å². The van der Waals surface area contributed by atoms with Gasteiger partial charge < -0.3 is 14.4 Å². The van der Waals surface area contributed by atoms with Gasteiger partial charge in [0.25, 0.3) is 0 Å². The van der Waals surface area contributed by atoms with Gasteiger partial charge in [-0.1, -0.05) is 129 Å². The predicted molar refractivity (Wildman–Crippen MR) is 245 cm³/mol. The number of para-hydroxylation sites is 4. The number of rotatable bonds is 1. The highest BCUT2D eigenvalue weighted by molar-refractivity contribution is 6.13. The molecular weight excluding hydrogens is 709 g/mol. The summed E-state index contributed by atoms with van der Waals surface area (Å²) in [5, 5.41) is 5.54. The number of aryl methyl sites for hydroxylation is 2. The number of H-pyrrole nitrogens is 2. The summed E-state index contributed by atoms with van der Waals surface area (Å²) in [5.74, 6) is 0. The van der Waals surface area contributed by atoms with E-state index in [0.717, 1.165) is 88.1 Å². The van der Waals surface area contributed by atoms with Gasteiger partial charge in [-0.3, -0.25) is 4.40 Å². The summed E-state index contributed by atoms with van der Waals surface area (Å²) < 4.78 is 8.95. The number of nitrogens with one attached hydrogen (secondary N) is 2. The van der Waals surface area contributed by atoms with Crippen molar-refractivity contribution in [2.24, 2.45) is 0 Å². The molecule has 5 nitrogen and oxygen atoms in total. The zero-order chi connectivity index (χ0) is 39.5. The van der Waals surface area contributed by atoms with Crippen LogP contribution in [0.1, 0.15) is 37.5 Å². The third-order valence-electron chi connectivity index (χ3n) is 11.2. The van der Waals surface area contributed by atoms with Crippen LogP contribution < -0.4 is 0 Å². The largest absolute Gasteiger partial charge is 0.457 e. The van der Waals surface area contributed by atoms with Crippen LogP contribution in [0.25, 0.3) is 93.5 Å². The standard InChI is InChI=1S/C53H44N4O/c1-33-26-34(2)28-35(27-33)40-19-13-20-45-41-16-6-7-17-42(41)48-29-36(53(3,4)5)30-51(55-48)57-49-23-11-8-18-43(49)44-25-24-39(32-50(44)57)58-38-15-12-14-37(31-38)54-46-21-9-10-22-47(46)56-52(40)45/h6-32,54,56H,1-5H3. The molecule has 0 unspecified atom stereocenters. The van der Waals surface area contributed by atoms with Gasteiger partial charge in [-0.25, -0.2) is 4.98 Å². The summed E-state index contributed by atoms with van der Waals surface area (Å²) in [4.78, 5) is 13.3. The van der Waals surface area contributed by atoms with Crippen LogP contribution in [-0.4, -0.2) is 19.4 Å². The molecule has 3 aromatic heterocycles. The van der Waals surface area contributed by atoms with E-state index in [1.54, 1.807) is 0 Å². The van der Waals surface area contributed by atoms with Crippen molar-refractivity contribution in [2.75, 3.05) is 0 Å². The molecule has 58 heavy (non-hydrogen) atoms. The molecule has 0 saturated heterocycles. The van der Waals surface area contributed by atoms with Gasteiger partial charge in [0.15, 0.2) is 0 Å². The first kappa shape index (κ1) is 35.3. The fraction of sp³-hybridized carbons (Fsp3) is 0.113. The van der Waals surface area contributed by atoms with Crippen LogP contribution in [0.4, 0.5) is 0 Å². The lowest BCUT2D eigenvalue weighted by Gasteiger charge is -2.19. The number of hydrogen-bond acceptors (Lipinski definition) is 2. The molecule has 10 rings (SSSR count). The summed E-state index contributed by atoms with van der Waals surface area (Å²) in [6.45, 7) is 11.2. The van der Waals surface area contributed by atoms with E-state index in [9.17, 15) is 0 Å². The van der Waals surface area contributed by atoms with E-state index >= 15 is 0 Å². The van der Waals surface area contributed by atoms with Gasteiger partial charge >= 0.3 is 0 Å². The van der Waals surface area contributed by atoms with Crippen LogP contribution in [0.5, 0.6) is 0 Å². The lowest BCUT2D eigenvalue weighted by atomic mass is 9.87. The van der Waals surface area contributed by atoms with Gasteiger partial charge in [0.2, 0.25) is 0 Å². The van der Waals surface area contributed by atoms with E-state index in [0.29, 0.717) is 0 Å².